The summed E-state index contributed by atoms with van der Waals surface area (Å²) in [6.07, 6.45) is 7.76. The van der Waals surface area contributed by atoms with Gasteiger partial charge >= 0.3 is 0 Å². The van der Waals surface area contributed by atoms with E-state index in [0.717, 1.165) is 56.4 Å². The van der Waals surface area contributed by atoms with Gasteiger partial charge in [-0.2, -0.15) is 0 Å². The van der Waals surface area contributed by atoms with Crippen LogP contribution in [-0.4, -0.2) is 60.7 Å². The number of amides is 3. The van der Waals surface area contributed by atoms with Crippen molar-refractivity contribution >= 4 is 23.4 Å². The van der Waals surface area contributed by atoms with Crippen molar-refractivity contribution in [1.82, 2.24) is 9.80 Å². The first kappa shape index (κ1) is 19.6. The molecule has 160 valence electrons. The molecule has 6 heteroatoms. The molecule has 1 spiro atoms. The van der Waals surface area contributed by atoms with Crippen molar-refractivity contribution in [3.05, 3.63) is 29.3 Å². The monoisotopic (exact) mass is 409 g/mol. The summed E-state index contributed by atoms with van der Waals surface area (Å²) in [7, 11) is 1.83. The molecule has 30 heavy (non-hydrogen) atoms. The Labute approximate surface area is 178 Å². The third-order valence-electron chi connectivity index (χ3n) is 7.86. The third-order valence-corrected chi connectivity index (χ3v) is 7.86. The minimum absolute atomic E-state index is 0.0762. The Morgan fingerprint density at radius 3 is 2.27 bits per heavy atom. The topological polar surface area (TPSA) is 60.9 Å². The van der Waals surface area contributed by atoms with Crippen LogP contribution < -0.4 is 4.90 Å². The molecule has 4 aliphatic rings. The number of hydrogen-bond donors (Lipinski definition) is 0. The summed E-state index contributed by atoms with van der Waals surface area (Å²) in [6, 6.07) is 5.77. The van der Waals surface area contributed by atoms with Crippen molar-refractivity contribution in [3.63, 3.8) is 0 Å². The average Bonchev–Trinajstić information content (AvgIpc) is 2.95. The number of likely N-dealkylation sites (N-methyl/N-ethyl adjacent to an activating group) is 1. The Morgan fingerprint density at radius 2 is 1.63 bits per heavy atom. The van der Waals surface area contributed by atoms with Crippen molar-refractivity contribution in [1.29, 1.82) is 0 Å². The normalized spacial score (nSPS) is 23.5. The van der Waals surface area contributed by atoms with Crippen LogP contribution in [0.5, 0.6) is 0 Å². The summed E-state index contributed by atoms with van der Waals surface area (Å²) in [5, 5.41) is 0. The smallest absolute Gasteiger partial charge is 0.253 e. The van der Waals surface area contributed by atoms with Crippen molar-refractivity contribution in [3.8, 4) is 0 Å². The van der Waals surface area contributed by atoms with E-state index in [-0.39, 0.29) is 23.6 Å². The molecule has 1 aliphatic carbocycles. The molecule has 3 heterocycles. The van der Waals surface area contributed by atoms with Gasteiger partial charge in [0.05, 0.1) is 5.41 Å². The summed E-state index contributed by atoms with van der Waals surface area (Å²) in [4.78, 5) is 44.7. The lowest BCUT2D eigenvalue weighted by Gasteiger charge is -2.40. The van der Waals surface area contributed by atoms with Crippen LogP contribution in [0.4, 0.5) is 5.69 Å². The zero-order valence-corrected chi connectivity index (χ0v) is 17.9. The van der Waals surface area contributed by atoms with Crippen molar-refractivity contribution in [2.45, 2.75) is 56.8 Å². The molecule has 6 nitrogen and oxygen atoms in total. The van der Waals surface area contributed by atoms with Gasteiger partial charge in [0, 0.05) is 50.4 Å². The zero-order chi connectivity index (χ0) is 20.9. The molecule has 0 bridgehead atoms. The molecule has 0 N–H and O–H groups in total. The highest BCUT2D eigenvalue weighted by molar-refractivity contribution is 6.09. The van der Waals surface area contributed by atoms with E-state index < -0.39 is 5.41 Å². The number of rotatable bonds is 2. The number of anilines is 1. The summed E-state index contributed by atoms with van der Waals surface area (Å²) in [6.45, 7) is 2.88. The zero-order valence-electron chi connectivity index (χ0n) is 17.9. The van der Waals surface area contributed by atoms with Crippen LogP contribution >= 0.6 is 0 Å². The Bertz CT molecular complexity index is 878. The quantitative estimate of drug-likeness (QED) is 0.755. The van der Waals surface area contributed by atoms with E-state index in [4.69, 9.17) is 0 Å². The lowest BCUT2D eigenvalue weighted by atomic mass is 9.72. The van der Waals surface area contributed by atoms with Gasteiger partial charge in [0.25, 0.3) is 5.91 Å². The van der Waals surface area contributed by atoms with Crippen LogP contribution in [0, 0.1) is 5.92 Å². The fourth-order valence-electron chi connectivity index (χ4n) is 5.68. The molecule has 3 fully saturated rings. The Hall–Kier alpha value is -2.37. The van der Waals surface area contributed by atoms with E-state index >= 15 is 0 Å². The highest BCUT2D eigenvalue weighted by Crippen LogP contribution is 2.48. The number of carbonyl (C=O) groups is 3. The van der Waals surface area contributed by atoms with Crippen molar-refractivity contribution < 1.29 is 14.4 Å². The predicted molar refractivity (Wildman–Crippen MR) is 114 cm³/mol. The first-order valence-corrected chi connectivity index (χ1v) is 11.5. The van der Waals surface area contributed by atoms with Crippen LogP contribution in [0.15, 0.2) is 18.2 Å². The van der Waals surface area contributed by atoms with Gasteiger partial charge in [0.2, 0.25) is 11.8 Å². The number of nitrogens with zero attached hydrogens (tertiary/aromatic N) is 3. The predicted octanol–water partition coefficient (Wildman–Crippen LogP) is 2.95. The molecular formula is C24H31N3O3. The highest BCUT2D eigenvalue weighted by atomic mass is 16.2. The van der Waals surface area contributed by atoms with Gasteiger partial charge in [0.1, 0.15) is 0 Å². The SMILES string of the molecule is CN1C(=O)C2(CCN(C(=O)C3CCC3)CC2)c2cc(C(=O)N3CCCCC3)ccc21. The second-order valence-electron chi connectivity index (χ2n) is 9.48. The van der Waals surface area contributed by atoms with Gasteiger partial charge in [-0.25, -0.2) is 0 Å². The molecule has 1 aromatic carbocycles. The molecule has 1 saturated carbocycles. The van der Waals surface area contributed by atoms with Gasteiger partial charge in [-0.1, -0.05) is 6.42 Å². The van der Waals surface area contributed by atoms with Crippen molar-refractivity contribution in [2.24, 2.45) is 5.92 Å². The number of fused-ring (bicyclic) bond motifs is 2. The van der Waals surface area contributed by atoms with Gasteiger partial charge < -0.3 is 14.7 Å². The molecule has 3 amide bonds. The van der Waals surface area contributed by atoms with E-state index in [1.807, 2.05) is 35.0 Å². The second kappa shape index (κ2) is 7.40. The molecule has 5 rings (SSSR count). The molecule has 1 aromatic rings. The Morgan fingerprint density at radius 1 is 0.933 bits per heavy atom. The maximum Gasteiger partial charge on any atom is 0.253 e. The molecule has 0 unspecified atom stereocenters. The number of likely N-dealkylation sites (tertiary alicyclic amines) is 2. The Balaban J connectivity index is 1.40. The number of piperidine rings is 2. The van der Waals surface area contributed by atoms with E-state index in [1.54, 1.807) is 4.90 Å². The van der Waals surface area contributed by atoms with E-state index in [2.05, 4.69) is 0 Å². The fourth-order valence-corrected chi connectivity index (χ4v) is 5.68. The summed E-state index contributed by atoms with van der Waals surface area (Å²) < 4.78 is 0. The van der Waals surface area contributed by atoms with Crippen LogP contribution in [-0.2, 0) is 15.0 Å². The number of carbonyl (C=O) groups excluding carboxylic acids is 3. The standard InChI is InChI=1S/C24H31N3O3/c1-25-20-9-8-18(22(29)26-12-3-2-4-13-26)16-19(20)24(23(25)30)10-14-27(15-11-24)21(28)17-6-5-7-17/h8-9,16-17H,2-7,10-15H2,1H3. The maximum absolute atomic E-state index is 13.3. The molecule has 0 atom stereocenters. The first-order valence-electron chi connectivity index (χ1n) is 11.5. The maximum atomic E-state index is 13.3. The van der Waals surface area contributed by atoms with Crippen LogP contribution in [0.1, 0.15) is 67.3 Å². The lowest BCUT2D eigenvalue weighted by Crippen LogP contribution is -2.51. The van der Waals surface area contributed by atoms with Crippen molar-refractivity contribution in [2.75, 3.05) is 38.1 Å². The average molecular weight is 410 g/mol. The number of hydrogen-bond acceptors (Lipinski definition) is 3. The van der Waals surface area contributed by atoms with E-state index in [9.17, 15) is 14.4 Å². The number of benzene rings is 1. The molecule has 2 saturated heterocycles. The van der Waals surface area contributed by atoms with E-state index in [0.29, 0.717) is 31.5 Å². The Kier molecular flexibility index (Phi) is 4.83. The largest absolute Gasteiger partial charge is 0.342 e. The minimum Gasteiger partial charge on any atom is -0.342 e. The van der Waals surface area contributed by atoms with Crippen LogP contribution in [0.25, 0.3) is 0 Å². The van der Waals surface area contributed by atoms with Gasteiger partial charge in [-0.3, -0.25) is 14.4 Å². The third kappa shape index (κ3) is 2.95. The van der Waals surface area contributed by atoms with Crippen LogP contribution in [0.3, 0.4) is 0 Å². The minimum atomic E-state index is -0.599. The van der Waals surface area contributed by atoms with Gasteiger partial charge in [-0.05, 0) is 68.7 Å². The van der Waals surface area contributed by atoms with Gasteiger partial charge in [0.15, 0.2) is 0 Å². The van der Waals surface area contributed by atoms with E-state index in [1.165, 1.54) is 6.42 Å². The summed E-state index contributed by atoms with van der Waals surface area (Å²) >= 11 is 0. The van der Waals surface area contributed by atoms with Crippen LogP contribution in [0.2, 0.25) is 0 Å². The molecule has 3 aliphatic heterocycles. The lowest BCUT2D eigenvalue weighted by molar-refractivity contribution is -0.141. The summed E-state index contributed by atoms with van der Waals surface area (Å²) in [5.41, 5.74) is 1.98. The highest BCUT2D eigenvalue weighted by Gasteiger charge is 2.52. The molecular weight excluding hydrogens is 378 g/mol. The van der Waals surface area contributed by atoms with Gasteiger partial charge in [-0.15, -0.1) is 0 Å². The first-order chi connectivity index (χ1) is 14.5. The summed E-state index contributed by atoms with van der Waals surface area (Å²) in [5.74, 6) is 0.647. The fraction of sp³-hybridized carbons (Fsp3) is 0.625. The molecule has 0 aromatic heterocycles. The second-order valence-corrected chi connectivity index (χ2v) is 9.48. The molecule has 0 radical (unpaired) electrons.